The molecule has 172 valence electrons. The van der Waals surface area contributed by atoms with Gasteiger partial charge in [0.05, 0.1) is 19.9 Å². The van der Waals surface area contributed by atoms with Crippen LogP contribution in [0.1, 0.15) is 23.0 Å². The predicted octanol–water partition coefficient (Wildman–Crippen LogP) is 3.89. The number of hydrogen-bond acceptors (Lipinski definition) is 5. The van der Waals surface area contributed by atoms with Gasteiger partial charge in [-0.1, -0.05) is 30.3 Å². The Morgan fingerprint density at radius 1 is 1.12 bits per heavy atom. The summed E-state index contributed by atoms with van der Waals surface area (Å²) in [4.78, 5) is 28.9. The lowest BCUT2D eigenvalue weighted by Crippen LogP contribution is -2.64. The number of nitrogens with one attached hydrogen (secondary N) is 1. The third kappa shape index (κ3) is 3.73. The third-order valence-corrected chi connectivity index (χ3v) is 6.04. The zero-order valence-corrected chi connectivity index (χ0v) is 18.9. The van der Waals surface area contributed by atoms with Gasteiger partial charge in [-0.25, -0.2) is 0 Å². The fraction of sp³-hybridized carbons (Fsp3) is 0.192. The average molecular weight is 457 g/mol. The van der Waals surface area contributed by atoms with Crippen LogP contribution >= 0.6 is 0 Å². The highest BCUT2D eigenvalue weighted by molar-refractivity contribution is 6.12. The van der Waals surface area contributed by atoms with Crippen molar-refractivity contribution < 1.29 is 18.7 Å². The van der Waals surface area contributed by atoms with Crippen molar-refractivity contribution in [1.82, 2.24) is 15.1 Å². The quantitative estimate of drug-likeness (QED) is 0.476. The summed E-state index contributed by atoms with van der Waals surface area (Å²) in [5.41, 5.74) is 1.26. The molecular formula is C26H24N4O4. The first-order valence-electron chi connectivity index (χ1n) is 10.9. The summed E-state index contributed by atoms with van der Waals surface area (Å²) in [6, 6.07) is 22.0. The topological polar surface area (TPSA) is 89.6 Å². The monoisotopic (exact) mass is 456 g/mol. The van der Waals surface area contributed by atoms with Crippen LogP contribution in [0.2, 0.25) is 0 Å². The number of carbonyl (C=O) groups is 2. The molecule has 34 heavy (non-hydrogen) atoms. The summed E-state index contributed by atoms with van der Waals surface area (Å²) >= 11 is 0. The van der Waals surface area contributed by atoms with Crippen LogP contribution < -0.4 is 15.0 Å². The van der Waals surface area contributed by atoms with Gasteiger partial charge in [0.25, 0.3) is 5.91 Å². The zero-order chi connectivity index (χ0) is 23.7. The van der Waals surface area contributed by atoms with Crippen molar-refractivity contribution in [2.45, 2.75) is 25.6 Å². The molecule has 0 spiro atoms. The molecule has 0 radical (unpaired) electrons. The van der Waals surface area contributed by atoms with Crippen LogP contribution in [0, 0.1) is 0 Å². The normalized spacial score (nSPS) is 17.4. The number of hydrogen-bond donors (Lipinski definition) is 1. The Kier molecular flexibility index (Phi) is 5.41. The van der Waals surface area contributed by atoms with Crippen molar-refractivity contribution in [3.8, 4) is 17.2 Å². The number of fused-ring (bicyclic) bond motifs is 1. The molecule has 0 fully saturated rings. The maximum absolute atomic E-state index is 13.8. The van der Waals surface area contributed by atoms with Crippen LogP contribution in [0.3, 0.4) is 0 Å². The highest BCUT2D eigenvalue weighted by Gasteiger charge is 2.49. The van der Waals surface area contributed by atoms with E-state index < -0.39 is 5.54 Å². The van der Waals surface area contributed by atoms with Gasteiger partial charge in [-0.3, -0.25) is 19.2 Å². The van der Waals surface area contributed by atoms with Gasteiger partial charge in [0.15, 0.2) is 5.76 Å². The number of anilines is 1. The summed E-state index contributed by atoms with van der Waals surface area (Å²) in [6.07, 6.45) is 1.56. The predicted molar refractivity (Wildman–Crippen MR) is 126 cm³/mol. The number of amides is 2. The van der Waals surface area contributed by atoms with Gasteiger partial charge in [0, 0.05) is 18.3 Å². The summed E-state index contributed by atoms with van der Waals surface area (Å²) in [5.74, 6) is 0.620. The summed E-state index contributed by atoms with van der Waals surface area (Å²) in [5, 5.41) is 7.57. The van der Waals surface area contributed by atoms with Gasteiger partial charge in [0.2, 0.25) is 5.91 Å². The van der Waals surface area contributed by atoms with E-state index in [0.717, 1.165) is 5.56 Å². The number of benzene rings is 2. The van der Waals surface area contributed by atoms with Gasteiger partial charge in [-0.2, -0.15) is 5.10 Å². The molecule has 1 aliphatic heterocycles. The van der Waals surface area contributed by atoms with E-state index in [1.54, 1.807) is 67.4 Å². The van der Waals surface area contributed by atoms with Gasteiger partial charge < -0.3 is 14.5 Å². The van der Waals surface area contributed by atoms with E-state index in [1.165, 1.54) is 4.90 Å². The van der Waals surface area contributed by atoms with E-state index in [9.17, 15) is 9.59 Å². The van der Waals surface area contributed by atoms with Gasteiger partial charge >= 0.3 is 0 Å². The van der Waals surface area contributed by atoms with E-state index in [-0.39, 0.29) is 18.4 Å². The second-order valence-corrected chi connectivity index (χ2v) is 8.33. The van der Waals surface area contributed by atoms with E-state index in [4.69, 9.17) is 9.15 Å². The minimum atomic E-state index is -1.22. The molecule has 1 N–H and O–H groups in total. The second kappa shape index (κ2) is 8.55. The molecule has 1 aliphatic rings. The fourth-order valence-electron chi connectivity index (χ4n) is 4.23. The number of nitrogens with zero attached hydrogens (tertiary/aromatic N) is 3. The molecule has 1 unspecified atom stereocenters. The van der Waals surface area contributed by atoms with Crippen LogP contribution in [-0.4, -0.2) is 34.2 Å². The van der Waals surface area contributed by atoms with Gasteiger partial charge in [-0.05, 0) is 48.9 Å². The molecule has 2 amide bonds. The highest BCUT2D eigenvalue weighted by atomic mass is 16.5. The number of carbonyl (C=O) groups excluding carboxylic acids is 2. The Morgan fingerprint density at radius 3 is 2.56 bits per heavy atom. The Labute approximate surface area is 196 Å². The molecule has 3 heterocycles. The van der Waals surface area contributed by atoms with E-state index in [1.807, 2.05) is 30.3 Å². The minimum absolute atomic E-state index is 0.182. The first-order valence-corrected chi connectivity index (χ1v) is 10.9. The van der Waals surface area contributed by atoms with Gasteiger partial charge in [-0.15, -0.1) is 0 Å². The highest BCUT2D eigenvalue weighted by Crippen LogP contribution is 2.35. The molecule has 1 atom stereocenters. The fourth-order valence-corrected chi connectivity index (χ4v) is 4.23. The van der Waals surface area contributed by atoms with Crippen molar-refractivity contribution in [2.24, 2.45) is 0 Å². The summed E-state index contributed by atoms with van der Waals surface area (Å²) in [7, 11) is 1.58. The van der Waals surface area contributed by atoms with E-state index >= 15 is 0 Å². The molecule has 0 saturated carbocycles. The number of aromatic nitrogens is 2. The number of furan rings is 1. The van der Waals surface area contributed by atoms with Crippen molar-refractivity contribution in [2.75, 3.05) is 12.0 Å². The first kappa shape index (κ1) is 21.5. The number of rotatable bonds is 6. The van der Waals surface area contributed by atoms with Crippen molar-refractivity contribution in [1.29, 1.82) is 0 Å². The maximum Gasteiger partial charge on any atom is 0.277 e. The number of methoxy groups -OCH3 is 1. The van der Waals surface area contributed by atoms with Crippen LogP contribution in [0.4, 0.5) is 5.69 Å². The average Bonchev–Trinajstić information content (AvgIpc) is 3.54. The SMILES string of the molecule is COc1ccc(N2C(=O)c3cc(-c4ccco4)nn3CC2(C)C(=O)NCc2ccccc2)cc1. The largest absolute Gasteiger partial charge is 0.497 e. The molecule has 0 saturated heterocycles. The Bertz CT molecular complexity index is 1310. The molecule has 0 aliphatic carbocycles. The lowest BCUT2D eigenvalue weighted by atomic mass is 9.93. The molecular weight excluding hydrogens is 432 g/mol. The van der Waals surface area contributed by atoms with Crippen molar-refractivity contribution in [3.05, 3.63) is 90.3 Å². The summed E-state index contributed by atoms with van der Waals surface area (Å²) < 4.78 is 12.3. The van der Waals surface area contributed by atoms with Crippen molar-refractivity contribution in [3.63, 3.8) is 0 Å². The van der Waals surface area contributed by atoms with Crippen molar-refractivity contribution >= 4 is 17.5 Å². The first-order chi connectivity index (χ1) is 16.5. The van der Waals surface area contributed by atoms with E-state index in [0.29, 0.717) is 35.1 Å². The Morgan fingerprint density at radius 2 is 1.88 bits per heavy atom. The van der Waals surface area contributed by atoms with Crippen LogP contribution in [-0.2, 0) is 17.9 Å². The molecule has 8 nitrogen and oxygen atoms in total. The third-order valence-electron chi connectivity index (χ3n) is 6.04. The molecule has 5 rings (SSSR count). The number of ether oxygens (including phenoxy) is 1. The molecule has 0 bridgehead atoms. The Hall–Kier alpha value is -4.33. The van der Waals surface area contributed by atoms with Gasteiger partial charge in [0.1, 0.15) is 22.7 Å². The molecule has 4 aromatic rings. The lowest BCUT2D eigenvalue weighted by Gasteiger charge is -2.43. The van der Waals surface area contributed by atoms with Crippen LogP contribution in [0.25, 0.3) is 11.5 Å². The Balaban J connectivity index is 1.54. The molecule has 8 heteroatoms. The minimum Gasteiger partial charge on any atom is -0.497 e. The molecule has 2 aromatic heterocycles. The van der Waals surface area contributed by atoms with Crippen LogP contribution in [0.15, 0.2) is 83.5 Å². The zero-order valence-electron chi connectivity index (χ0n) is 18.9. The van der Waals surface area contributed by atoms with E-state index in [2.05, 4.69) is 10.4 Å². The lowest BCUT2D eigenvalue weighted by molar-refractivity contribution is -0.126. The second-order valence-electron chi connectivity index (χ2n) is 8.33. The summed E-state index contributed by atoms with van der Waals surface area (Å²) in [6.45, 7) is 2.29. The smallest absolute Gasteiger partial charge is 0.277 e. The standard InChI is InChI=1S/C26H24N4O4/c1-26(25(32)27-16-18-7-4-3-5-8-18)17-29-22(15-21(28-29)23-9-6-14-34-23)24(31)30(26)19-10-12-20(33-2)13-11-19/h3-15H,16-17H2,1-2H3,(H,27,32). The maximum atomic E-state index is 13.8. The molecule has 2 aromatic carbocycles. The van der Waals surface area contributed by atoms with Crippen LogP contribution in [0.5, 0.6) is 5.75 Å².